The van der Waals surface area contributed by atoms with Crippen LogP contribution in [0.5, 0.6) is 0 Å². The van der Waals surface area contributed by atoms with Gasteiger partial charge in [-0.1, -0.05) is 23.2 Å². The summed E-state index contributed by atoms with van der Waals surface area (Å²) in [6.07, 6.45) is 0. The monoisotopic (exact) mass is 238 g/mol. The van der Waals surface area contributed by atoms with Crippen LogP contribution in [0.25, 0.3) is 0 Å². The molecule has 0 N–H and O–H groups in total. The smallest absolute Gasteiger partial charge is 0.305 e. The molecule has 0 aromatic heterocycles. The third kappa shape index (κ3) is 3.19. The van der Waals surface area contributed by atoms with Gasteiger partial charge in [0.2, 0.25) is 0 Å². The van der Waals surface area contributed by atoms with E-state index in [1.165, 1.54) is 13.8 Å². The normalized spacial score (nSPS) is 13.4. The molecule has 0 bridgehead atoms. The predicted octanol–water partition coefficient (Wildman–Crippen LogP) is 3.31. The number of hydrogen-bond donors (Lipinski definition) is 0. The molecule has 3 nitrogen and oxygen atoms in total. The molecule has 0 aliphatic rings. The van der Waals surface area contributed by atoms with Gasteiger partial charge in [-0.15, -0.1) is 0 Å². The summed E-state index contributed by atoms with van der Waals surface area (Å²) in [5.74, 6) is 0. The molecule has 0 spiro atoms. The molecule has 74 valence electrons. The molecule has 0 rings (SSSR count). The molecule has 0 saturated heterocycles. The second kappa shape index (κ2) is 4.77. The summed E-state index contributed by atoms with van der Waals surface area (Å²) in [5.41, 5.74) is 0. The summed E-state index contributed by atoms with van der Waals surface area (Å²) in [4.78, 5) is 0. The summed E-state index contributed by atoms with van der Waals surface area (Å²) in [6, 6.07) is 0. The van der Waals surface area contributed by atoms with Gasteiger partial charge in [-0.3, -0.25) is 4.57 Å². The molecule has 0 aliphatic heterocycles. The summed E-state index contributed by atoms with van der Waals surface area (Å²) < 4.78 is 30.3. The van der Waals surface area contributed by atoms with Crippen LogP contribution >= 0.6 is 30.8 Å². The van der Waals surface area contributed by atoms with Crippen molar-refractivity contribution in [1.82, 2.24) is 0 Å². The first-order chi connectivity index (χ1) is 5.37. The van der Waals surface area contributed by atoms with Gasteiger partial charge in [-0.2, -0.15) is 4.39 Å². The third-order valence-corrected chi connectivity index (χ3v) is 3.97. The standard InChI is InChI=1S/C5H10Cl2FO3P/c1-3-10-12(9,11-4-2)5(6,7)8/h3-4H2,1-2H3. The molecule has 0 unspecified atom stereocenters. The van der Waals surface area contributed by atoms with E-state index >= 15 is 0 Å². The van der Waals surface area contributed by atoms with E-state index in [0.717, 1.165) is 0 Å². The van der Waals surface area contributed by atoms with E-state index in [-0.39, 0.29) is 13.2 Å². The van der Waals surface area contributed by atoms with E-state index in [1.807, 2.05) is 0 Å². The second-order valence-electron chi connectivity index (χ2n) is 1.80. The zero-order valence-electron chi connectivity index (χ0n) is 6.72. The predicted molar refractivity (Wildman–Crippen MR) is 46.4 cm³/mol. The van der Waals surface area contributed by atoms with Crippen molar-refractivity contribution in [3.8, 4) is 0 Å². The SMILES string of the molecule is CCOP(=O)(OCC)C(F)(Cl)Cl. The Bertz CT molecular complexity index is 172. The first-order valence-corrected chi connectivity index (χ1v) is 5.63. The van der Waals surface area contributed by atoms with Crippen LogP contribution in [-0.4, -0.2) is 17.5 Å². The zero-order chi connectivity index (χ0) is 9.83. The van der Waals surface area contributed by atoms with Crippen molar-refractivity contribution in [3.63, 3.8) is 0 Å². The Balaban J connectivity index is 4.51. The molecule has 0 saturated carbocycles. The van der Waals surface area contributed by atoms with Gasteiger partial charge >= 0.3 is 11.9 Å². The van der Waals surface area contributed by atoms with Gasteiger partial charge in [0.1, 0.15) is 0 Å². The molecule has 12 heavy (non-hydrogen) atoms. The Morgan fingerprint density at radius 1 is 1.33 bits per heavy atom. The fraction of sp³-hybridized carbons (Fsp3) is 1.00. The quantitative estimate of drug-likeness (QED) is 0.545. The molecular formula is C5H10Cl2FO3P. The van der Waals surface area contributed by atoms with Crippen LogP contribution in [0.3, 0.4) is 0 Å². The van der Waals surface area contributed by atoms with Crippen molar-refractivity contribution in [2.24, 2.45) is 0 Å². The number of hydrogen-bond acceptors (Lipinski definition) is 3. The highest BCUT2D eigenvalue weighted by Crippen LogP contribution is 2.65. The van der Waals surface area contributed by atoms with E-state index < -0.39 is 11.9 Å². The lowest BCUT2D eigenvalue weighted by Crippen LogP contribution is -2.11. The minimum atomic E-state index is -4.04. The van der Waals surface area contributed by atoms with E-state index in [4.69, 9.17) is 23.2 Å². The first-order valence-electron chi connectivity index (χ1n) is 3.33. The van der Waals surface area contributed by atoms with Crippen molar-refractivity contribution in [3.05, 3.63) is 0 Å². The van der Waals surface area contributed by atoms with E-state index in [0.29, 0.717) is 0 Å². The molecule has 7 heteroatoms. The highest BCUT2D eigenvalue weighted by Gasteiger charge is 2.49. The van der Waals surface area contributed by atoms with Crippen LogP contribution < -0.4 is 0 Å². The molecule has 0 aromatic rings. The first kappa shape index (κ1) is 12.7. The highest BCUT2D eigenvalue weighted by atomic mass is 35.5. The Morgan fingerprint density at radius 3 is 1.83 bits per heavy atom. The largest absolute Gasteiger partial charge is 0.398 e. The highest BCUT2D eigenvalue weighted by molar-refractivity contribution is 7.59. The number of halogens is 3. The van der Waals surface area contributed by atoms with Gasteiger partial charge in [0.15, 0.2) is 0 Å². The molecule has 0 radical (unpaired) electrons. The fourth-order valence-corrected chi connectivity index (χ4v) is 2.16. The molecule has 0 heterocycles. The Morgan fingerprint density at radius 2 is 1.67 bits per heavy atom. The zero-order valence-corrected chi connectivity index (χ0v) is 9.13. The van der Waals surface area contributed by atoms with Crippen LogP contribution in [0.1, 0.15) is 13.8 Å². The number of rotatable bonds is 5. The van der Waals surface area contributed by atoms with Gasteiger partial charge < -0.3 is 9.05 Å². The maximum atomic E-state index is 12.8. The Labute approximate surface area is 80.7 Å². The van der Waals surface area contributed by atoms with Gasteiger partial charge in [0.25, 0.3) is 0 Å². The average Bonchev–Trinajstić information content (AvgIpc) is 1.86. The van der Waals surface area contributed by atoms with Gasteiger partial charge in [0, 0.05) is 0 Å². The second-order valence-corrected chi connectivity index (χ2v) is 5.69. The minimum absolute atomic E-state index is 0.0163. The van der Waals surface area contributed by atoms with Crippen LogP contribution in [0.4, 0.5) is 4.39 Å². The maximum absolute atomic E-state index is 12.8. The molecular weight excluding hydrogens is 229 g/mol. The van der Waals surface area contributed by atoms with Crippen LogP contribution in [0, 0.1) is 0 Å². The summed E-state index contributed by atoms with van der Waals surface area (Å²) in [7, 11) is -4.04. The fourth-order valence-electron chi connectivity index (χ4n) is 0.524. The van der Waals surface area contributed by atoms with E-state index in [1.54, 1.807) is 0 Å². The maximum Gasteiger partial charge on any atom is 0.398 e. The Hall–Kier alpha value is 0.660. The topological polar surface area (TPSA) is 35.5 Å². The molecule has 0 aliphatic carbocycles. The lowest BCUT2D eigenvalue weighted by atomic mass is 10.9. The lowest BCUT2D eigenvalue weighted by molar-refractivity contribution is 0.197. The minimum Gasteiger partial charge on any atom is -0.305 e. The summed E-state index contributed by atoms with van der Waals surface area (Å²) in [5, 5.41) is 0. The van der Waals surface area contributed by atoms with Crippen molar-refractivity contribution in [1.29, 1.82) is 0 Å². The molecule has 0 fully saturated rings. The van der Waals surface area contributed by atoms with Gasteiger partial charge in [-0.25, -0.2) is 0 Å². The summed E-state index contributed by atoms with van der Waals surface area (Å²) >= 11 is 9.97. The van der Waals surface area contributed by atoms with E-state index in [9.17, 15) is 8.96 Å². The molecule has 0 amide bonds. The molecule has 0 aromatic carbocycles. The summed E-state index contributed by atoms with van der Waals surface area (Å²) in [6.45, 7) is 3.10. The van der Waals surface area contributed by atoms with Crippen molar-refractivity contribution < 1.29 is 18.0 Å². The van der Waals surface area contributed by atoms with Crippen LogP contribution in [0.2, 0.25) is 0 Å². The Kier molecular flexibility index (Phi) is 5.04. The van der Waals surface area contributed by atoms with E-state index in [2.05, 4.69) is 9.05 Å². The van der Waals surface area contributed by atoms with Crippen LogP contribution in [0.15, 0.2) is 0 Å². The number of alkyl halides is 3. The van der Waals surface area contributed by atoms with Crippen LogP contribution in [-0.2, 0) is 13.6 Å². The van der Waals surface area contributed by atoms with Gasteiger partial charge in [0.05, 0.1) is 13.2 Å². The van der Waals surface area contributed by atoms with Crippen molar-refractivity contribution in [2.45, 2.75) is 18.2 Å². The molecule has 0 atom stereocenters. The van der Waals surface area contributed by atoms with Crippen molar-refractivity contribution >= 4 is 30.8 Å². The average molecular weight is 239 g/mol. The lowest BCUT2D eigenvalue weighted by Gasteiger charge is -2.21. The van der Waals surface area contributed by atoms with Gasteiger partial charge in [-0.05, 0) is 13.8 Å². The third-order valence-electron chi connectivity index (χ3n) is 0.909. The van der Waals surface area contributed by atoms with Crippen molar-refractivity contribution in [2.75, 3.05) is 13.2 Å².